The number of hydrogen-bond donors (Lipinski definition) is 6. The first kappa shape index (κ1) is 22.4. The zero-order valence-corrected chi connectivity index (χ0v) is 15.6. The van der Waals surface area contributed by atoms with Crippen LogP contribution in [-0.4, -0.2) is 108 Å². The molecule has 0 bridgehead atoms. The molecule has 2 rings (SSSR count). The summed E-state index contributed by atoms with van der Waals surface area (Å²) in [6.45, 7) is 2.02. The van der Waals surface area contributed by atoms with Crippen LogP contribution in [0, 0.1) is 0 Å². The van der Waals surface area contributed by atoms with Crippen molar-refractivity contribution in [2.24, 2.45) is 5.73 Å². The summed E-state index contributed by atoms with van der Waals surface area (Å²) in [4.78, 5) is 11.6. The van der Waals surface area contributed by atoms with E-state index in [1.165, 1.54) is 14.0 Å². The molecule has 10 atom stereocenters. The highest BCUT2D eigenvalue weighted by Gasteiger charge is 2.50. The standard InChI is InChI=1S/C16H30N2O9/c1-6-10(17)12(22)15(9(5-20)25-6)27-16-11(18-7(2)21)13(23)14(24-3)8(4-19)26-16/h6,8-16,19-20,22-23H,4-5,17H2,1-3H3,(H,18,21)/t6-,8?,9?,10?,11?,12+,13+,14+,15+,16-/m0/s1. The van der Waals surface area contributed by atoms with Crippen LogP contribution in [0.25, 0.3) is 0 Å². The molecule has 2 aliphatic heterocycles. The fraction of sp³-hybridized carbons (Fsp3) is 0.938. The van der Waals surface area contributed by atoms with Gasteiger partial charge in [-0.15, -0.1) is 0 Å². The number of hydrogen-bond acceptors (Lipinski definition) is 10. The molecular weight excluding hydrogens is 364 g/mol. The molecule has 0 aromatic heterocycles. The van der Waals surface area contributed by atoms with Crippen molar-refractivity contribution in [3.05, 3.63) is 0 Å². The van der Waals surface area contributed by atoms with E-state index in [-0.39, 0.29) is 0 Å². The van der Waals surface area contributed by atoms with Crippen molar-refractivity contribution in [3.8, 4) is 0 Å². The predicted molar refractivity (Wildman–Crippen MR) is 90.4 cm³/mol. The lowest BCUT2D eigenvalue weighted by Gasteiger charge is -2.47. The van der Waals surface area contributed by atoms with Crippen molar-refractivity contribution >= 4 is 5.91 Å². The minimum absolute atomic E-state index is 0.441. The van der Waals surface area contributed by atoms with Gasteiger partial charge in [0.2, 0.25) is 5.91 Å². The lowest BCUT2D eigenvalue weighted by atomic mass is 9.93. The Morgan fingerprint density at radius 3 is 2.22 bits per heavy atom. The normalized spacial score (nSPS) is 45.5. The smallest absolute Gasteiger partial charge is 0.217 e. The molecule has 158 valence electrons. The van der Waals surface area contributed by atoms with Gasteiger partial charge in [0.05, 0.1) is 25.4 Å². The number of nitrogens with one attached hydrogen (secondary N) is 1. The van der Waals surface area contributed by atoms with E-state index in [0.717, 1.165) is 0 Å². The maximum absolute atomic E-state index is 11.6. The molecule has 0 aromatic rings. The van der Waals surface area contributed by atoms with E-state index in [9.17, 15) is 25.2 Å². The quantitative estimate of drug-likeness (QED) is 0.265. The molecule has 2 saturated heterocycles. The topological polar surface area (TPSA) is 173 Å². The molecule has 0 aromatic carbocycles. The molecule has 0 spiro atoms. The Morgan fingerprint density at radius 1 is 1.11 bits per heavy atom. The largest absolute Gasteiger partial charge is 0.394 e. The van der Waals surface area contributed by atoms with Gasteiger partial charge in [-0.1, -0.05) is 0 Å². The van der Waals surface area contributed by atoms with Gasteiger partial charge in [0, 0.05) is 14.0 Å². The van der Waals surface area contributed by atoms with Crippen LogP contribution in [0.4, 0.5) is 0 Å². The molecule has 0 radical (unpaired) electrons. The van der Waals surface area contributed by atoms with Crippen LogP contribution >= 0.6 is 0 Å². The monoisotopic (exact) mass is 394 g/mol. The van der Waals surface area contributed by atoms with Crippen LogP contribution in [0.5, 0.6) is 0 Å². The summed E-state index contributed by atoms with van der Waals surface area (Å²) < 4.78 is 22.2. The number of amides is 1. The van der Waals surface area contributed by atoms with Gasteiger partial charge in [0.15, 0.2) is 6.29 Å². The highest BCUT2D eigenvalue weighted by Crippen LogP contribution is 2.29. The summed E-state index contributed by atoms with van der Waals surface area (Å²) >= 11 is 0. The Morgan fingerprint density at radius 2 is 1.70 bits per heavy atom. The average molecular weight is 394 g/mol. The molecule has 0 saturated carbocycles. The lowest BCUT2D eigenvalue weighted by Crippen LogP contribution is -2.68. The van der Waals surface area contributed by atoms with Gasteiger partial charge in [0.1, 0.15) is 42.7 Å². The van der Waals surface area contributed by atoms with Crippen molar-refractivity contribution < 1.29 is 44.2 Å². The number of rotatable bonds is 6. The van der Waals surface area contributed by atoms with Gasteiger partial charge >= 0.3 is 0 Å². The average Bonchev–Trinajstić information content (AvgIpc) is 2.63. The van der Waals surface area contributed by atoms with E-state index >= 15 is 0 Å². The molecule has 7 N–H and O–H groups in total. The van der Waals surface area contributed by atoms with Gasteiger partial charge in [-0.2, -0.15) is 0 Å². The van der Waals surface area contributed by atoms with E-state index < -0.39 is 80.2 Å². The Kier molecular flexibility index (Phi) is 7.92. The van der Waals surface area contributed by atoms with Gasteiger partial charge in [-0.25, -0.2) is 0 Å². The highest BCUT2D eigenvalue weighted by molar-refractivity contribution is 5.73. The van der Waals surface area contributed by atoms with E-state index in [1.54, 1.807) is 6.92 Å². The maximum atomic E-state index is 11.6. The fourth-order valence-corrected chi connectivity index (χ4v) is 3.49. The van der Waals surface area contributed by atoms with E-state index in [2.05, 4.69) is 5.32 Å². The summed E-state index contributed by atoms with van der Waals surface area (Å²) in [5.41, 5.74) is 5.92. The molecule has 1 amide bonds. The second kappa shape index (κ2) is 9.54. The number of carbonyl (C=O) groups excluding carboxylic acids is 1. The Balaban J connectivity index is 2.24. The van der Waals surface area contributed by atoms with Gasteiger partial charge in [-0.05, 0) is 6.92 Å². The highest BCUT2D eigenvalue weighted by atomic mass is 16.7. The number of aliphatic hydroxyl groups is 4. The van der Waals surface area contributed by atoms with E-state index in [4.69, 9.17) is 24.7 Å². The summed E-state index contributed by atoms with van der Waals surface area (Å²) in [6, 6.07) is -1.82. The van der Waals surface area contributed by atoms with Crippen LogP contribution in [0.3, 0.4) is 0 Å². The van der Waals surface area contributed by atoms with Crippen molar-refractivity contribution in [2.45, 2.75) is 74.9 Å². The Bertz CT molecular complexity index is 495. The fourth-order valence-electron chi connectivity index (χ4n) is 3.49. The molecule has 11 nitrogen and oxygen atoms in total. The maximum Gasteiger partial charge on any atom is 0.217 e. The van der Waals surface area contributed by atoms with E-state index in [1.807, 2.05) is 0 Å². The first-order valence-corrected chi connectivity index (χ1v) is 8.84. The third kappa shape index (κ3) is 4.75. The molecule has 4 unspecified atom stereocenters. The Hall–Kier alpha value is -0.890. The number of aliphatic hydroxyl groups excluding tert-OH is 4. The zero-order chi connectivity index (χ0) is 20.3. The molecule has 0 aliphatic carbocycles. The molecule has 2 aliphatic rings. The van der Waals surface area contributed by atoms with Gasteiger partial charge < -0.3 is 50.4 Å². The van der Waals surface area contributed by atoms with Crippen LogP contribution in [0.1, 0.15) is 13.8 Å². The molecule has 2 fully saturated rings. The summed E-state index contributed by atoms with van der Waals surface area (Å²) in [7, 11) is 1.34. The van der Waals surface area contributed by atoms with Crippen molar-refractivity contribution in [2.75, 3.05) is 20.3 Å². The number of carbonyl (C=O) groups is 1. The van der Waals surface area contributed by atoms with Gasteiger partial charge in [0.25, 0.3) is 0 Å². The first-order chi connectivity index (χ1) is 12.7. The third-order valence-corrected chi connectivity index (χ3v) is 5.00. The zero-order valence-electron chi connectivity index (χ0n) is 15.6. The second-order valence-corrected chi connectivity index (χ2v) is 6.87. The number of nitrogens with two attached hydrogens (primary N) is 1. The van der Waals surface area contributed by atoms with Gasteiger partial charge in [-0.3, -0.25) is 4.79 Å². The minimum Gasteiger partial charge on any atom is -0.394 e. The minimum atomic E-state index is -1.25. The lowest BCUT2D eigenvalue weighted by molar-refractivity contribution is -0.314. The van der Waals surface area contributed by atoms with Crippen LogP contribution in [0.15, 0.2) is 0 Å². The third-order valence-electron chi connectivity index (χ3n) is 5.00. The first-order valence-electron chi connectivity index (χ1n) is 8.84. The SMILES string of the molecule is CO[C@@H]1C(CO)O[C@@H](O[C@@H]2C(CO)O[C@@H](C)C(N)[C@H]2O)C(NC(C)=O)[C@H]1O. The molecule has 2 heterocycles. The number of methoxy groups -OCH3 is 1. The number of ether oxygens (including phenoxy) is 4. The predicted octanol–water partition coefficient (Wildman–Crippen LogP) is -3.56. The van der Waals surface area contributed by atoms with Crippen molar-refractivity contribution in [1.29, 1.82) is 0 Å². The van der Waals surface area contributed by atoms with Crippen molar-refractivity contribution in [1.82, 2.24) is 5.32 Å². The Labute approximate surface area is 157 Å². The summed E-state index contributed by atoms with van der Waals surface area (Å²) in [5.74, 6) is -0.446. The second-order valence-electron chi connectivity index (χ2n) is 6.87. The van der Waals surface area contributed by atoms with Crippen LogP contribution in [0.2, 0.25) is 0 Å². The molecule has 27 heavy (non-hydrogen) atoms. The van der Waals surface area contributed by atoms with Crippen molar-refractivity contribution in [3.63, 3.8) is 0 Å². The summed E-state index contributed by atoms with van der Waals surface area (Å²) in [5, 5.41) is 42.7. The summed E-state index contributed by atoms with van der Waals surface area (Å²) in [6.07, 6.45) is -7.99. The molecule has 11 heteroatoms. The van der Waals surface area contributed by atoms with E-state index in [0.29, 0.717) is 0 Å². The molecular formula is C16H30N2O9. The van der Waals surface area contributed by atoms with Crippen LogP contribution in [-0.2, 0) is 23.7 Å². The van der Waals surface area contributed by atoms with Crippen LogP contribution < -0.4 is 11.1 Å².